The molecule has 1 heterocycles. The average Bonchev–Trinajstić information content (AvgIpc) is 2.80. The van der Waals surface area contributed by atoms with Gasteiger partial charge in [-0.05, 0) is 17.5 Å². The highest BCUT2D eigenvalue weighted by Gasteiger charge is 2.15. The Labute approximate surface area is 122 Å². The van der Waals surface area contributed by atoms with Crippen LogP contribution in [0, 0.1) is 0 Å². The van der Waals surface area contributed by atoms with E-state index in [0.29, 0.717) is 11.5 Å². The molecule has 0 radical (unpaired) electrons. The Kier molecular flexibility index (Phi) is 5.07. The largest absolute Gasteiger partial charge is 0.480 e. The second-order valence-corrected chi connectivity index (χ2v) is 5.99. The first-order chi connectivity index (χ1) is 9.58. The van der Waals surface area contributed by atoms with Gasteiger partial charge in [-0.3, -0.25) is 13.7 Å². The molecule has 1 unspecified atom stereocenters. The second-order valence-electron chi connectivity index (χ2n) is 4.03. The number of anilines is 1. The number of hydrogen-bond acceptors (Lipinski definition) is 4. The van der Waals surface area contributed by atoms with Gasteiger partial charge in [-0.15, -0.1) is 11.3 Å². The first-order valence-corrected chi connectivity index (χ1v) is 7.75. The third-order valence-electron chi connectivity index (χ3n) is 2.61. The molecule has 0 spiro atoms. The zero-order valence-corrected chi connectivity index (χ0v) is 12.1. The highest BCUT2D eigenvalue weighted by atomic mass is 32.2. The van der Waals surface area contributed by atoms with Crippen LogP contribution >= 0.6 is 11.3 Å². The number of carbonyl (C=O) groups is 1. The summed E-state index contributed by atoms with van der Waals surface area (Å²) >= 11 is -0.712. The molecule has 1 atom stereocenters. The van der Waals surface area contributed by atoms with Crippen molar-refractivity contribution in [1.82, 2.24) is 5.32 Å². The summed E-state index contributed by atoms with van der Waals surface area (Å²) in [6.45, 7) is 0.397. The minimum absolute atomic E-state index is 0.168. The van der Waals surface area contributed by atoms with Crippen LogP contribution in [0.25, 0.3) is 10.1 Å². The lowest BCUT2D eigenvalue weighted by atomic mass is 10.3. The number of carboxylic acid groups (broad SMARTS) is 1. The van der Waals surface area contributed by atoms with Crippen LogP contribution in [0.2, 0.25) is 0 Å². The van der Waals surface area contributed by atoms with E-state index in [1.165, 1.54) is 15.6 Å². The van der Waals surface area contributed by atoms with Crippen molar-refractivity contribution in [3.63, 3.8) is 0 Å². The van der Waals surface area contributed by atoms with Crippen molar-refractivity contribution in [3.8, 4) is 0 Å². The van der Waals surface area contributed by atoms with Crippen LogP contribution in [0.3, 0.4) is 0 Å². The molecular formula is C12H14N2O4S2. The van der Waals surface area contributed by atoms with E-state index < -0.39 is 17.2 Å². The van der Waals surface area contributed by atoms with Crippen LogP contribution in [0.1, 0.15) is 0 Å². The third kappa shape index (κ3) is 3.76. The number of rotatable bonds is 7. The molecule has 1 aromatic heterocycles. The molecule has 0 bridgehead atoms. The zero-order valence-electron chi connectivity index (χ0n) is 10.5. The van der Waals surface area contributed by atoms with Gasteiger partial charge in [-0.1, -0.05) is 18.2 Å². The summed E-state index contributed by atoms with van der Waals surface area (Å²) in [4.78, 5) is 10.4. The smallest absolute Gasteiger partial charge is 0.317 e. The maximum Gasteiger partial charge on any atom is 0.317 e. The fourth-order valence-corrected chi connectivity index (χ4v) is 3.48. The van der Waals surface area contributed by atoms with E-state index in [2.05, 4.69) is 5.32 Å². The van der Waals surface area contributed by atoms with E-state index in [4.69, 9.17) is 5.11 Å². The molecule has 1 aromatic carbocycles. The van der Waals surface area contributed by atoms with Crippen molar-refractivity contribution in [2.45, 2.75) is 0 Å². The number of nitrogens with zero attached hydrogens (tertiary/aromatic N) is 1. The van der Waals surface area contributed by atoms with Crippen LogP contribution in [0.5, 0.6) is 0 Å². The molecule has 0 saturated carbocycles. The van der Waals surface area contributed by atoms with Crippen molar-refractivity contribution in [3.05, 3.63) is 30.3 Å². The van der Waals surface area contributed by atoms with Gasteiger partial charge in [0.25, 0.3) is 11.3 Å². The molecular weight excluding hydrogens is 300 g/mol. The monoisotopic (exact) mass is 314 g/mol. The van der Waals surface area contributed by atoms with Gasteiger partial charge in [0.2, 0.25) is 0 Å². The number of hydrogen-bond donors (Lipinski definition) is 3. The molecule has 108 valence electrons. The van der Waals surface area contributed by atoms with Gasteiger partial charge in [0.1, 0.15) is 5.00 Å². The number of nitrogens with one attached hydrogen (secondary N) is 1. The number of benzene rings is 1. The van der Waals surface area contributed by atoms with Crippen molar-refractivity contribution in [2.75, 3.05) is 23.9 Å². The fourth-order valence-electron chi connectivity index (χ4n) is 1.73. The number of aliphatic carboxylic acids is 1. The Bertz CT molecular complexity index is 596. The Morgan fingerprint density at radius 2 is 2.15 bits per heavy atom. The Morgan fingerprint density at radius 1 is 1.40 bits per heavy atom. The van der Waals surface area contributed by atoms with Gasteiger partial charge in [0.05, 0.1) is 6.54 Å². The van der Waals surface area contributed by atoms with E-state index in [1.807, 2.05) is 30.3 Å². The number of thiophene rings is 1. The lowest BCUT2D eigenvalue weighted by molar-refractivity contribution is -0.135. The summed E-state index contributed by atoms with van der Waals surface area (Å²) in [6.07, 6.45) is 0. The van der Waals surface area contributed by atoms with Crippen molar-refractivity contribution in [1.29, 1.82) is 0 Å². The Morgan fingerprint density at radius 3 is 2.80 bits per heavy atom. The standard InChI is InChI=1S/C12H14N2O4S2/c15-12(16)8-13-5-6-14(20(17)18)11-7-9-3-1-2-4-10(9)19-11/h1-4,7,13H,5-6,8H2,(H,15,16)(H,17,18). The number of fused-ring (bicyclic) bond motifs is 1. The molecule has 2 rings (SSSR count). The molecule has 20 heavy (non-hydrogen) atoms. The van der Waals surface area contributed by atoms with E-state index in [1.54, 1.807) is 0 Å². The summed E-state index contributed by atoms with van der Waals surface area (Å²) < 4.78 is 23.1. The summed E-state index contributed by atoms with van der Waals surface area (Å²) in [5.74, 6) is -0.955. The normalized spacial score (nSPS) is 12.4. The molecule has 0 aliphatic heterocycles. The summed E-state index contributed by atoms with van der Waals surface area (Å²) in [7, 11) is 0. The minimum atomic E-state index is -2.14. The molecule has 0 fully saturated rings. The molecule has 3 N–H and O–H groups in total. The van der Waals surface area contributed by atoms with Crippen LogP contribution < -0.4 is 9.62 Å². The topological polar surface area (TPSA) is 89.9 Å². The van der Waals surface area contributed by atoms with Crippen molar-refractivity contribution in [2.24, 2.45) is 0 Å². The first-order valence-electron chi connectivity index (χ1n) is 5.87. The fraction of sp³-hybridized carbons (Fsp3) is 0.250. The van der Waals surface area contributed by atoms with Crippen molar-refractivity contribution < 1.29 is 18.7 Å². The second kappa shape index (κ2) is 6.80. The average molecular weight is 314 g/mol. The van der Waals surface area contributed by atoms with Gasteiger partial charge < -0.3 is 10.4 Å². The summed E-state index contributed by atoms with van der Waals surface area (Å²) in [5.41, 5.74) is 0. The predicted octanol–water partition coefficient (Wildman–Crippen LogP) is 1.52. The molecule has 6 nitrogen and oxygen atoms in total. The summed E-state index contributed by atoms with van der Waals surface area (Å²) in [6, 6.07) is 9.57. The quantitative estimate of drug-likeness (QED) is 0.532. The van der Waals surface area contributed by atoms with Crippen LogP contribution in [-0.4, -0.2) is 39.5 Å². The van der Waals surface area contributed by atoms with Crippen LogP contribution in [0.4, 0.5) is 5.00 Å². The van der Waals surface area contributed by atoms with E-state index in [-0.39, 0.29) is 13.1 Å². The Hall–Kier alpha value is -1.48. The van der Waals surface area contributed by atoms with Gasteiger partial charge >= 0.3 is 5.97 Å². The molecule has 2 aromatic rings. The maximum absolute atomic E-state index is 11.4. The number of carboxylic acids is 1. The van der Waals surface area contributed by atoms with Gasteiger partial charge in [0, 0.05) is 17.8 Å². The maximum atomic E-state index is 11.4. The highest BCUT2D eigenvalue weighted by molar-refractivity contribution is 7.81. The van der Waals surface area contributed by atoms with E-state index in [0.717, 1.165) is 10.1 Å². The molecule has 0 saturated heterocycles. The first kappa shape index (κ1) is 14.9. The van der Waals surface area contributed by atoms with Crippen LogP contribution in [-0.2, 0) is 16.1 Å². The van der Waals surface area contributed by atoms with E-state index >= 15 is 0 Å². The van der Waals surface area contributed by atoms with Crippen LogP contribution in [0.15, 0.2) is 30.3 Å². The molecule has 0 aliphatic rings. The van der Waals surface area contributed by atoms with Gasteiger partial charge in [-0.25, -0.2) is 4.21 Å². The van der Waals surface area contributed by atoms with Gasteiger partial charge in [0.15, 0.2) is 0 Å². The predicted molar refractivity (Wildman–Crippen MR) is 80.4 cm³/mol. The lowest BCUT2D eigenvalue weighted by Crippen LogP contribution is -2.34. The lowest BCUT2D eigenvalue weighted by Gasteiger charge is -2.17. The Balaban J connectivity index is 2.08. The molecule has 0 amide bonds. The highest BCUT2D eigenvalue weighted by Crippen LogP contribution is 2.32. The minimum Gasteiger partial charge on any atom is -0.480 e. The molecule has 0 aliphatic carbocycles. The molecule has 8 heteroatoms. The SMILES string of the molecule is O=C(O)CNCCN(c1cc2ccccc2s1)S(=O)O. The van der Waals surface area contributed by atoms with E-state index in [9.17, 15) is 13.6 Å². The summed E-state index contributed by atoms with van der Waals surface area (Å²) in [5, 5.41) is 12.9. The van der Waals surface area contributed by atoms with Gasteiger partial charge in [-0.2, -0.15) is 0 Å². The van der Waals surface area contributed by atoms with Crippen molar-refractivity contribution >= 4 is 43.7 Å². The zero-order chi connectivity index (χ0) is 14.5. The third-order valence-corrected chi connectivity index (χ3v) is 4.63.